The van der Waals surface area contributed by atoms with Crippen molar-refractivity contribution in [1.82, 2.24) is 0 Å². The van der Waals surface area contributed by atoms with E-state index in [-0.39, 0.29) is 0 Å². The van der Waals surface area contributed by atoms with Gasteiger partial charge in [-0.2, -0.15) is 0 Å². The highest BCUT2D eigenvalue weighted by molar-refractivity contribution is 6.30. The van der Waals surface area contributed by atoms with Gasteiger partial charge >= 0.3 is 0 Å². The van der Waals surface area contributed by atoms with E-state index in [0.29, 0.717) is 37.2 Å². The van der Waals surface area contributed by atoms with E-state index >= 15 is 0 Å². The van der Waals surface area contributed by atoms with Gasteiger partial charge in [0.05, 0.1) is 13.2 Å². The average molecular weight is 362 g/mol. The molecule has 5 nitrogen and oxygen atoms in total. The first-order chi connectivity index (χ1) is 12.1. The summed E-state index contributed by atoms with van der Waals surface area (Å²) < 4.78 is 10.8. The Bertz CT molecular complexity index is 720. The molecule has 0 aliphatic rings. The third-order valence-electron chi connectivity index (χ3n) is 3.57. The smallest absolute Gasteiger partial charge is 0.193 e. The summed E-state index contributed by atoms with van der Waals surface area (Å²) in [6.07, 6.45) is 0.692. The Hall–Kier alpha value is -2.24. The van der Waals surface area contributed by atoms with Crippen LogP contribution in [0.15, 0.2) is 47.5 Å². The van der Waals surface area contributed by atoms with Gasteiger partial charge in [0, 0.05) is 29.9 Å². The molecule has 2 rings (SSSR count). The molecule has 0 saturated carbocycles. The van der Waals surface area contributed by atoms with Gasteiger partial charge in [0.2, 0.25) is 0 Å². The molecule has 0 radical (unpaired) electrons. The maximum Gasteiger partial charge on any atom is 0.193 e. The maximum absolute atomic E-state index is 6.07. The largest absolute Gasteiger partial charge is 0.494 e. The summed E-state index contributed by atoms with van der Waals surface area (Å²) >= 11 is 6.07. The second kappa shape index (κ2) is 9.91. The van der Waals surface area contributed by atoms with Crippen LogP contribution in [0.25, 0.3) is 0 Å². The molecule has 0 aliphatic carbocycles. The van der Waals surface area contributed by atoms with Gasteiger partial charge in [0.25, 0.3) is 0 Å². The van der Waals surface area contributed by atoms with Gasteiger partial charge in [-0.25, -0.2) is 0 Å². The van der Waals surface area contributed by atoms with Crippen molar-refractivity contribution in [2.24, 2.45) is 10.7 Å². The first-order valence-electron chi connectivity index (χ1n) is 8.19. The number of rotatable bonds is 8. The van der Waals surface area contributed by atoms with E-state index in [9.17, 15) is 0 Å². The second-order valence-electron chi connectivity index (χ2n) is 5.42. The van der Waals surface area contributed by atoms with E-state index in [1.807, 2.05) is 49.4 Å². The molecule has 0 fully saturated rings. The lowest BCUT2D eigenvalue weighted by Gasteiger charge is -2.12. The summed E-state index contributed by atoms with van der Waals surface area (Å²) in [6, 6.07) is 13.4. The van der Waals surface area contributed by atoms with Crippen LogP contribution < -0.4 is 15.8 Å². The summed E-state index contributed by atoms with van der Waals surface area (Å²) in [6.45, 7) is 3.61. The van der Waals surface area contributed by atoms with Gasteiger partial charge < -0.3 is 20.5 Å². The molecule has 3 N–H and O–H groups in total. The molecule has 0 atom stereocenters. The zero-order chi connectivity index (χ0) is 18.1. The highest BCUT2D eigenvalue weighted by atomic mass is 35.5. The van der Waals surface area contributed by atoms with Gasteiger partial charge in [-0.05, 0) is 43.2 Å². The predicted molar refractivity (Wildman–Crippen MR) is 104 cm³/mol. The summed E-state index contributed by atoms with van der Waals surface area (Å²) in [5.74, 6) is 1.20. The topological polar surface area (TPSA) is 68.9 Å². The Labute approximate surface area is 153 Å². The van der Waals surface area contributed by atoms with Crippen LogP contribution in [0, 0.1) is 0 Å². The molecule has 25 heavy (non-hydrogen) atoms. The number of methoxy groups -OCH3 is 1. The van der Waals surface area contributed by atoms with Crippen LogP contribution in [0.3, 0.4) is 0 Å². The van der Waals surface area contributed by atoms with Crippen molar-refractivity contribution in [3.63, 3.8) is 0 Å². The third kappa shape index (κ3) is 5.96. The van der Waals surface area contributed by atoms with Gasteiger partial charge in [-0.3, -0.25) is 4.99 Å². The van der Waals surface area contributed by atoms with E-state index in [1.165, 1.54) is 0 Å². The minimum Gasteiger partial charge on any atom is -0.494 e. The number of nitrogens with two attached hydrogens (primary N) is 1. The summed E-state index contributed by atoms with van der Waals surface area (Å²) in [5, 5.41) is 3.81. The molecule has 0 spiro atoms. The lowest BCUT2D eigenvalue weighted by molar-refractivity contribution is 0.185. The molecule has 0 unspecified atom stereocenters. The molecule has 2 aromatic rings. The number of ether oxygens (including phenoxy) is 2. The van der Waals surface area contributed by atoms with Crippen LogP contribution in [-0.2, 0) is 17.8 Å². The van der Waals surface area contributed by atoms with Crippen LogP contribution >= 0.6 is 11.6 Å². The standard InChI is InChI=1S/C19H24ClN3O2/c1-3-25-18-9-8-16(20)12-14(18)10-11-22-19(21)23-17-7-5-4-6-15(17)13-24-2/h4-9,12H,3,10-11,13H2,1-2H3,(H3,21,22,23). The van der Waals surface area contributed by atoms with Crippen molar-refractivity contribution in [3.05, 3.63) is 58.6 Å². The van der Waals surface area contributed by atoms with Crippen molar-refractivity contribution >= 4 is 23.2 Å². The Morgan fingerprint density at radius 1 is 1.20 bits per heavy atom. The fraction of sp³-hybridized carbons (Fsp3) is 0.316. The van der Waals surface area contributed by atoms with Crippen molar-refractivity contribution < 1.29 is 9.47 Å². The minimum absolute atomic E-state index is 0.364. The zero-order valence-corrected chi connectivity index (χ0v) is 15.3. The van der Waals surface area contributed by atoms with Crippen LogP contribution in [0.5, 0.6) is 5.75 Å². The number of para-hydroxylation sites is 1. The lowest BCUT2D eigenvalue weighted by atomic mass is 10.1. The molecule has 2 aromatic carbocycles. The maximum atomic E-state index is 6.07. The fourth-order valence-electron chi connectivity index (χ4n) is 2.44. The second-order valence-corrected chi connectivity index (χ2v) is 5.85. The van der Waals surface area contributed by atoms with Crippen LogP contribution in [0.2, 0.25) is 5.02 Å². The highest BCUT2D eigenvalue weighted by Crippen LogP contribution is 2.23. The van der Waals surface area contributed by atoms with E-state index < -0.39 is 0 Å². The minimum atomic E-state index is 0.364. The molecule has 0 aliphatic heterocycles. The average Bonchev–Trinajstić information content (AvgIpc) is 2.59. The number of nitrogens with one attached hydrogen (secondary N) is 1. The summed E-state index contributed by atoms with van der Waals surface area (Å²) in [5.41, 5.74) is 8.94. The van der Waals surface area contributed by atoms with Gasteiger partial charge in [0.15, 0.2) is 5.96 Å². The normalized spacial score (nSPS) is 11.4. The number of anilines is 1. The van der Waals surface area contributed by atoms with E-state index in [4.69, 9.17) is 26.8 Å². The number of hydrogen-bond acceptors (Lipinski definition) is 3. The van der Waals surface area contributed by atoms with Crippen LogP contribution in [0.1, 0.15) is 18.1 Å². The molecule has 6 heteroatoms. The van der Waals surface area contributed by atoms with Crippen molar-refractivity contribution in [2.45, 2.75) is 20.0 Å². The highest BCUT2D eigenvalue weighted by Gasteiger charge is 2.05. The van der Waals surface area contributed by atoms with Crippen LogP contribution in [0.4, 0.5) is 5.69 Å². The van der Waals surface area contributed by atoms with Gasteiger partial charge in [-0.15, -0.1) is 0 Å². The number of hydrogen-bond donors (Lipinski definition) is 2. The first-order valence-corrected chi connectivity index (χ1v) is 8.56. The van der Waals surface area contributed by atoms with Crippen molar-refractivity contribution in [3.8, 4) is 5.75 Å². The van der Waals surface area contributed by atoms with Gasteiger partial charge in [-0.1, -0.05) is 29.8 Å². The van der Waals surface area contributed by atoms with E-state index in [0.717, 1.165) is 22.6 Å². The summed E-state index contributed by atoms with van der Waals surface area (Å²) in [7, 11) is 1.66. The number of aliphatic imine (C=N–C) groups is 1. The molecule has 0 amide bonds. The monoisotopic (exact) mass is 361 g/mol. The Morgan fingerprint density at radius 2 is 2.00 bits per heavy atom. The zero-order valence-electron chi connectivity index (χ0n) is 14.6. The third-order valence-corrected chi connectivity index (χ3v) is 3.80. The molecular formula is C19H24ClN3O2. The van der Waals surface area contributed by atoms with Crippen molar-refractivity contribution in [2.75, 3.05) is 25.6 Å². The molecule has 0 aromatic heterocycles. The Morgan fingerprint density at radius 3 is 2.76 bits per heavy atom. The summed E-state index contributed by atoms with van der Waals surface area (Å²) in [4.78, 5) is 4.39. The van der Waals surface area contributed by atoms with Gasteiger partial charge in [0.1, 0.15) is 5.75 Å². The molecule has 134 valence electrons. The molecule has 0 saturated heterocycles. The first kappa shape index (κ1) is 19.1. The Kier molecular flexibility index (Phi) is 7.57. The fourth-order valence-corrected chi connectivity index (χ4v) is 2.63. The number of halogens is 1. The quantitative estimate of drug-likeness (QED) is 0.553. The molecular weight excluding hydrogens is 338 g/mol. The number of benzene rings is 2. The van der Waals surface area contributed by atoms with E-state index in [1.54, 1.807) is 7.11 Å². The van der Waals surface area contributed by atoms with Crippen LogP contribution in [-0.4, -0.2) is 26.2 Å². The van der Waals surface area contributed by atoms with Crippen molar-refractivity contribution in [1.29, 1.82) is 0 Å². The molecule has 0 heterocycles. The van der Waals surface area contributed by atoms with E-state index in [2.05, 4.69) is 10.3 Å². The lowest BCUT2D eigenvalue weighted by Crippen LogP contribution is -2.23. The number of nitrogens with zero attached hydrogens (tertiary/aromatic N) is 1. The SMILES string of the molecule is CCOc1ccc(Cl)cc1CCN=C(N)Nc1ccccc1COC. The number of guanidine groups is 1. The predicted octanol–water partition coefficient (Wildman–Crippen LogP) is 3.85. The molecule has 0 bridgehead atoms. The Balaban J connectivity index is 1.99.